The largest absolute Gasteiger partial charge is 0.508 e. The number of piperidine rings is 1. The van der Waals surface area contributed by atoms with Crippen LogP contribution in [0.4, 0.5) is 10.5 Å². The summed E-state index contributed by atoms with van der Waals surface area (Å²) in [7, 11) is 0. The fraction of sp³-hybridized carbons (Fsp3) is 0.500. The quantitative estimate of drug-likeness (QED) is 0.284. The van der Waals surface area contributed by atoms with Gasteiger partial charge in [0.05, 0.1) is 23.9 Å². The summed E-state index contributed by atoms with van der Waals surface area (Å²) in [6, 6.07) is 11.7. The summed E-state index contributed by atoms with van der Waals surface area (Å²) in [6.07, 6.45) is 5.14. The van der Waals surface area contributed by atoms with E-state index in [9.17, 15) is 19.5 Å². The van der Waals surface area contributed by atoms with Crippen LogP contribution < -0.4 is 11.1 Å². The van der Waals surface area contributed by atoms with Crippen LogP contribution in [0.2, 0.25) is 0 Å². The molecule has 9 heteroatoms. The molecular formula is C32H43N4O5+. The van der Waals surface area contributed by atoms with Gasteiger partial charge in [0.2, 0.25) is 0 Å². The minimum absolute atomic E-state index is 0.0331. The van der Waals surface area contributed by atoms with Crippen LogP contribution in [0.5, 0.6) is 5.75 Å². The van der Waals surface area contributed by atoms with Crippen LogP contribution in [0.25, 0.3) is 0 Å². The van der Waals surface area contributed by atoms with E-state index >= 15 is 0 Å². The minimum Gasteiger partial charge on any atom is -0.508 e. The molecule has 4 N–H and O–H groups in total. The van der Waals surface area contributed by atoms with Gasteiger partial charge in [-0.1, -0.05) is 25.0 Å². The molecule has 4 rings (SSSR count). The van der Waals surface area contributed by atoms with Gasteiger partial charge in [-0.05, 0) is 95.0 Å². The second kappa shape index (κ2) is 12.9. The van der Waals surface area contributed by atoms with E-state index in [0.717, 1.165) is 36.6 Å². The Balaban J connectivity index is 1.65. The van der Waals surface area contributed by atoms with Crippen molar-refractivity contribution in [2.24, 2.45) is 11.7 Å². The highest BCUT2D eigenvalue weighted by molar-refractivity contribution is 5.95. The predicted molar refractivity (Wildman–Crippen MR) is 158 cm³/mol. The van der Waals surface area contributed by atoms with Crippen molar-refractivity contribution in [3.05, 3.63) is 59.7 Å². The van der Waals surface area contributed by atoms with Crippen molar-refractivity contribution in [2.75, 3.05) is 18.4 Å². The maximum Gasteiger partial charge on any atom is 0.496 e. The number of amides is 3. The van der Waals surface area contributed by atoms with Gasteiger partial charge < -0.3 is 15.6 Å². The molecule has 2 fully saturated rings. The number of aromatic hydroxyl groups is 1. The van der Waals surface area contributed by atoms with Crippen LogP contribution in [0, 0.1) is 5.92 Å². The number of nitrogens with one attached hydrogen (secondary N) is 1. The van der Waals surface area contributed by atoms with Crippen molar-refractivity contribution in [1.29, 1.82) is 0 Å². The lowest BCUT2D eigenvalue weighted by Crippen LogP contribution is -2.55. The topological polar surface area (TPSA) is 125 Å². The molecule has 1 saturated heterocycles. The van der Waals surface area contributed by atoms with Gasteiger partial charge in [-0.3, -0.25) is 9.69 Å². The average molecular weight is 564 g/mol. The molecule has 0 spiro atoms. The molecule has 220 valence electrons. The van der Waals surface area contributed by atoms with Crippen molar-refractivity contribution in [1.82, 2.24) is 4.90 Å². The molecule has 0 unspecified atom stereocenters. The molecule has 1 atom stereocenters. The second-order valence-electron chi connectivity index (χ2n) is 12.2. The summed E-state index contributed by atoms with van der Waals surface area (Å²) in [5, 5.41) is 12.6. The predicted octanol–water partition coefficient (Wildman–Crippen LogP) is 4.71. The van der Waals surface area contributed by atoms with E-state index in [1.165, 1.54) is 17.4 Å². The first kappa shape index (κ1) is 30.2. The molecule has 3 amide bonds. The van der Waals surface area contributed by atoms with Crippen molar-refractivity contribution < 1.29 is 28.8 Å². The number of primary amides is 1. The Morgan fingerprint density at radius 1 is 1.10 bits per heavy atom. The number of hydrogen-bond acceptors (Lipinski definition) is 6. The molecule has 0 radical (unpaired) electrons. The summed E-state index contributed by atoms with van der Waals surface area (Å²) >= 11 is 0. The number of rotatable bonds is 10. The highest BCUT2D eigenvalue weighted by Gasteiger charge is 2.40. The van der Waals surface area contributed by atoms with Crippen molar-refractivity contribution >= 4 is 29.3 Å². The van der Waals surface area contributed by atoms with Crippen LogP contribution in [-0.2, 0) is 16.0 Å². The van der Waals surface area contributed by atoms with E-state index in [2.05, 4.69) is 24.1 Å². The number of benzene rings is 2. The van der Waals surface area contributed by atoms with Gasteiger partial charge >= 0.3 is 12.0 Å². The van der Waals surface area contributed by atoms with Gasteiger partial charge in [0.25, 0.3) is 5.91 Å². The fourth-order valence-electron chi connectivity index (χ4n) is 5.56. The number of esters is 1. The SMILES string of the molecule is CC(C)OC(=O)c1ccc(NC(=O)/[N+](=C2/CCCN(C(C)(C)CC3CC3)C2)[C@@H](Cc2ccc(O)cc2)C(N)=O)cc1. The van der Waals surface area contributed by atoms with Crippen LogP contribution in [0.1, 0.15) is 75.7 Å². The zero-order chi connectivity index (χ0) is 29.7. The first-order valence-corrected chi connectivity index (χ1v) is 14.5. The van der Waals surface area contributed by atoms with Crippen LogP contribution in [0.15, 0.2) is 48.5 Å². The standard InChI is InChI=1S/C32H42N4O5/c1-21(2)41-30(39)24-11-13-25(14-12-24)34-31(40)36(28(29(33)38)18-22-9-15-27(37)16-10-22)26-6-5-17-35(20-26)32(3,4)19-23-7-8-23/h9-16,21,23,28H,5-8,17-20H2,1-4H3,(H3-,33,34,37,38,39,40)/p+1/b36-26-/t28-/m0/s1. The number of likely N-dealkylation sites (tertiary alicyclic amines) is 1. The number of nitrogens with two attached hydrogens (primary N) is 1. The van der Waals surface area contributed by atoms with Crippen molar-refractivity contribution in [3.63, 3.8) is 0 Å². The number of hydrogen-bond donors (Lipinski definition) is 3. The lowest BCUT2D eigenvalue weighted by molar-refractivity contribution is -0.456. The van der Waals surface area contributed by atoms with E-state index in [1.807, 2.05) is 0 Å². The molecule has 1 saturated carbocycles. The zero-order valence-electron chi connectivity index (χ0n) is 24.6. The third kappa shape index (κ3) is 8.16. The number of carbonyl (C=O) groups excluding carboxylic acids is 3. The average Bonchev–Trinajstić information content (AvgIpc) is 3.73. The van der Waals surface area contributed by atoms with Crippen LogP contribution >= 0.6 is 0 Å². The third-order valence-electron chi connectivity index (χ3n) is 7.89. The van der Waals surface area contributed by atoms with Crippen LogP contribution in [0.3, 0.4) is 0 Å². The third-order valence-corrected chi connectivity index (χ3v) is 7.89. The smallest absolute Gasteiger partial charge is 0.496 e. The van der Waals surface area contributed by atoms with E-state index in [4.69, 9.17) is 10.5 Å². The first-order valence-electron chi connectivity index (χ1n) is 14.5. The highest BCUT2D eigenvalue weighted by atomic mass is 16.5. The number of nitrogens with zero attached hydrogens (tertiary/aromatic N) is 2. The van der Waals surface area contributed by atoms with Crippen molar-refractivity contribution in [2.45, 2.75) is 83.9 Å². The number of ether oxygens (including phenoxy) is 1. The van der Waals surface area contributed by atoms with E-state index in [0.29, 0.717) is 24.2 Å². The lowest BCUT2D eigenvalue weighted by Gasteiger charge is -2.41. The van der Waals surface area contributed by atoms with Gasteiger partial charge in [-0.25, -0.2) is 10.1 Å². The molecule has 2 aromatic rings. The molecule has 9 nitrogen and oxygen atoms in total. The van der Waals surface area contributed by atoms with Gasteiger partial charge in [0, 0.05) is 18.4 Å². The molecule has 0 aromatic heterocycles. The molecule has 0 bridgehead atoms. The van der Waals surface area contributed by atoms with Gasteiger partial charge in [-0.2, -0.15) is 9.37 Å². The maximum absolute atomic E-state index is 13.9. The zero-order valence-corrected chi connectivity index (χ0v) is 24.6. The van der Waals surface area contributed by atoms with Gasteiger partial charge in [0.1, 0.15) is 11.4 Å². The molecule has 2 aromatic carbocycles. The molecule has 41 heavy (non-hydrogen) atoms. The lowest BCUT2D eigenvalue weighted by atomic mass is 9.92. The molecule has 1 heterocycles. The first-order chi connectivity index (χ1) is 19.4. The number of phenols is 1. The van der Waals surface area contributed by atoms with Gasteiger partial charge in [0.15, 0.2) is 6.04 Å². The Hall–Kier alpha value is -3.72. The van der Waals surface area contributed by atoms with Crippen LogP contribution in [-0.4, -0.2) is 69.0 Å². The summed E-state index contributed by atoms with van der Waals surface area (Å²) in [6.45, 7) is 9.56. The van der Waals surface area contributed by atoms with Crippen molar-refractivity contribution in [3.8, 4) is 5.75 Å². The summed E-state index contributed by atoms with van der Waals surface area (Å²) in [5.41, 5.74) is 8.40. The Labute approximate surface area is 242 Å². The van der Waals surface area contributed by atoms with E-state index < -0.39 is 23.9 Å². The number of urea groups is 1. The Bertz CT molecular complexity index is 1280. The minimum atomic E-state index is -0.929. The normalized spacial score (nSPS) is 18.1. The van der Waals surface area contributed by atoms with Gasteiger partial charge in [-0.15, -0.1) is 0 Å². The number of carbonyl (C=O) groups is 3. The Kier molecular flexibility index (Phi) is 9.48. The number of phenolic OH excluding ortho intramolecular Hbond substituents is 1. The summed E-state index contributed by atoms with van der Waals surface area (Å²) in [5.74, 6) is -0.172. The van der Waals surface area contributed by atoms with E-state index in [1.54, 1.807) is 62.4 Å². The maximum atomic E-state index is 13.9. The Morgan fingerprint density at radius 2 is 1.76 bits per heavy atom. The molecule has 1 aliphatic carbocycles. The number of anilines is 1. The van der Waals surface area contributed by atoms with E-state index in [-0.39, 0.29) is 23.8 Å². The summed E-state index contributed by atoms with van der Waals surface area (Å²) < 4.78 is 6.79. The summed E-state index contributed by atoms with van der Waals surface area (Å²) in [4.78, 5) is 41.5. The second-order valence-corrected chi connectivity index (χ2v) is 12.2. The highest BCUT2D eigenvalue weighted by Crippen LogP contribution is 2.39. The Morgan fingerprint density at radius 3 is 2.34 bits per heavy atom. The molecule has 2 aliphatic rings. The fourth-order valence-corrected chi connectivity index (χ4v) is 5.56. The monoisotopic (exact) mass is 563 g/mol. The molecule has 1 aliphatic heterocycles. The molecular weight excluding hydrogens is 520 g/mol.